The van der Waals surface area contributed by atoms with E-state index in [2.05, 4.69) is 13.8 Å². The first-order chi connectivity index (χ1) is 8.88. The average molecular weight is 284 g/mol. The molecule has 0 aromatic heterocycles. The summed E-state index contributed by atoms with van der Waals surface area (Å²) in [6, 6.07) is 4.92. The van der Waals surface area contributed by atoms with Gasteiger partial charge in [-0.1, -0.05) is 19.9 Å². The van der Waals surface area contributed by atoms with Crippen LogP contribution in [0.2, 0.25) is 0 Å². The second-order valence-electron chi connectivity index (χ2n) is 5.86. The molecule has 1 heterocycles. The molecule has 2 rings (SSSR count). The standard InChI is InChI=1S/C15H21FO2S/c1-14(2)6-7-19-10-15(14,17)9-11-4-5-13(18-3)12(16)8-11/h4-5,8,17H,6-7,9-10H2,1-3H3. The van der Waals surface area contributed by atoms with Crippen LogP contribution in [0.1, 0.15) is 25.8 Å². The second kappa shape index (κ2) is 5.33. The lowest BCUT2D eigenvalue weighted by atomic mass is 9.70. The molecule has 0 bridgehead atoms. The third-order valence-corrected chi connectivity index (χ3v) is 5.36. The zero-order valence-electron chi connectivity index (χ0n) is 11.7. The van der Waals surface area contributed by atoms with Crippen molar-refractivity contribution in [2.45, 2.75) is 32.3 Å². The maximum absolute atomic E-state index is 13.7. The highest BCUT2D eigenvalue weighted by Crippen LogP contribution is 2.44. The zero-order valence-corrected chi connectivity index (χ0v) is 12.5. The first-order valence-electron chi connectivity index (χ1n) is 6.50. The highest BCUT2D eigenvalue weighted by molar-refractivity contribution is 7.99. The van der Waals surface area contributed by atoms with E-state index >= 15 is 0 Å². The number of methoxy groups -OCH3 is 1. The Bertz CT molecular complexity index is 461. The Morgan fingerprint density at radius 3 is 2.74 bits per heavy atom. The van der Waals surface area contributed by atoms with Crippen molar-refractivity contribution in [3.8, 4) is 5.75 Å². The fraction of sp³-hybridized carbons (Fsp3) is 0.600. The Balaban J connectivity index is 2.22. The minimum absolute atomic E-state index is 0.144. The summed E-state index contributed by atoms with van der Waals surface area (Å²) in [6.07, 6.45) is 1.46. The van der Waals surface area contributed by atoms with E-state index in [1.54, 1.807) is 17.8 Å². The third kappa shape index (κ3) is 2.90. The van der Waals surface area contributed by atoms with Crippen LogP contribution in [0.5, 0.6) is 5.75 Å². The Morgan fingerprint density at radius 2 is 2.16 bits per heavy atom. The van der Waals surface area contributed by atoms with Crippen molar-refractivity contribution in [3.63, 3.8) is 0 Å². The van der Waals surface area contributed by atoms with Gasteiger partial charge in [0, 0.05) is 12.2 Å². The quantitative estimate of drug-likeness (QED) is 0.923. The largest absolute Gasteiger partial charge is 0.494 e. The molecular weight excluding hydrogens is 263 g/mol. The van der Waals surface area contributed by atoms with Crippen LogP contribution in [-0.2, 0) is 6.42 Å². The van der Waals surface area contributed by atoms with Crippen molar-refractivity contribution in [1.82, 2.24) is 0 Å². The van der Waals surface area contributed by atoms with Gasteiger partial charge in [-0.05, 0) is 35.3 Å². The smallest absolute Gasteiger partial charge is 0.165 e. The van der Waals surface area contributed by atoms with Gasteiger partial charge in [-0.15, -0.1) is 0 Å². The van der Waals surface area contributed by atoms with Gasteiger partial charge in [-0.3, -0.25) is 0 Å². The topological polar surface area (TPSA) is 29.5 Å². The molecule has 1 aliphatic rings. The van der Waals surface area contributed by atoms with Gasteiger partial charge in [-0.25, -0.2) is 4.39 Å². The molecule has 0 radical (unpaired) electrons. The Hall–Kier alpha value is -0.740. The van der Waals surface area contributed by atoms with Gasteiger partial charge in [0.05, 0.1) is 12.7 Å². The molecule has 1 unspecified atom stereocenters. The molecule has 0 saturated carbocycles. The first-order valence-corrected chi connectivity index (χ1v) is 7.66. The summed E-state index contributed by atoms with van der Waals surface area (Å²) in [5.74, 6) is 1.65. The summed E-state index contributed by atoms with van der Waals surface area (Å²) in [4.78, 5) is 0. The summed E-state index contributed by atoms with van der Waals surface area (Å²) < 4.78 is 18.6. The van der Waals surface area contributed by atoms with E-state index in [0.717, 1.165) is 17.7 Å². The molecule has 1 N–H and O–H groups in total. The molecule has 4 heteroatoms. The molecule has 1 aliphatic heterocycles. The van der Waals surface area contributed by atoms with Gasteiger partial charge < -0.3 is 9.84 Å². The lowest BCUT2D eigenvalue weighted by Gasteiger charge is -2.46. The molecule has 106 valence electrons. The van der Waals surface area contributed by atoms with Crippen molar-refractivity contribution in [2.24, 2.45) is 5.41 Å². The number of ether oxygens (including phenoxy) is 1. The summed E-state index contributed by atoms with van der Waals surface area (Å²) in [5, 5.41) is 10.9. The summed E-state index contributed by atoms with van der Waals surface area (Å²) in [7, 11) is 1.45. The minimum atomic E-state index is -0.781. The molecule has 2 nitrogen and oxygen atoms in total. The lowest BCUT2D eigenvalue weighted by molar-refractivity contribution is -0.0513. The van der Waals surface area contributed by atoms with E-state index in [4.69, 9.17) is 4.74 Å². The first kappa shape index (κ1) is 14.7. The SMILES string of the molecule is COc1ccc(CC2(O)CSCCC2(C)C)cc1F. The zero-order chi connectivity index (χ0) is 14.1. The van der Waals surface area contributed by atoms with Crippen LogP contribution >= 0.6 is 11.8 Å². The third-order valence-electron chi connectivity index (χ3n) is 4.18. The van der Waals surface area contributed by atoms with E-state index in [-0.39, 0.29) is 17.0 Å². The van der Waals surface area contributed by atoms with Gasteiger partial charge >= 0.3 is 0 Å². The Kier molecular flexibility index (Phi) is 4.11. The molecule has 1 fully saturated rings. The molecule has 19 heavy (non-hydrogen) atoms. The van der Waals surface area contributed by atoms with Crippen LogP contribution in [0, 0.1) is 11.2 Å². The maximum atomic E-state index is 13.7. The summed E-state index contributed by atoms with van der Waals surface area (Å²) in [5.41, 5.74) is -0.109. The van der Waals surface area contributed by atoms with Crippen LogP contribution in [0.25, 0.3) is 0 Å². The number of thioether (sulfide) groups is 1. The van der Waals surface area contributed by atoms with Crippen LogP contribution < -0.4 is 4.74 Å². The van der Waals surface area contributed by atoms with Gasteiger partial charge in [0.2, 0.25) is 0 Å². The number of aliphatic hydroxyl groups is 1. The lowest BCUT2D eigenvalue weighted by Crippen LogP contribution is -2.51. The molecule has 0 spiro atoms. The molecule has 0 amide bonds. The molecule has 1 atom stereocenters. The van der Waals surface area contributed by atoms with Gasteiger partial charge in [0.25, 0.3) is 0 Å². The number of benzene rings is 1. The van der Waals surface area contributed by atoms with E-state index in [0.29, 0.717) is 12.2 Å². The highest BCUT2D eigenvalue weighted by Gasteiger charge is 2.45. The average Bonchev–Trinajstić information content (AvgIpc) is 2.33. The molecule has 0 aliphatic carbocycles. The van der Waals surface area contributed by atoms with Crippen molar-refractivity contribution >= 4 is 11.8 Å². The normalized spacial score (nSPS) is 26.2. The van der Waals surface area contributed by atoms with Crippen molar-refractivity contribution in [1.29, 1.82) is 0 Å². The van der Waals surface area contributed by atoms with Crippen molar-refractivity contribution in [3.05, 3.63) is 29.6 Å². The maximum Gasteiger partial charge on any atom is 0.165 e. The van der Waals surface area contributed by atoms with Gasteiger partial charge in [0.15, 0.2) is 11.6 Å². The summed E-state index contributed by atoms with van der Waals surface area (Å²) >= 11 is 1.77. The van der Waals surface area contributed by atoms with Gasteiger partial charge in [0.1, 0.15) is 0 Å². The van der Waals surface area contributed by atoms with Crippen molar-refractivity contribution in [2.75, 3.05) is 18.6 Å². The molecule has 1 aromatic carbocycles. The fourth-order valence-electron chi connectivity index (χ4n) is 2.44. The number of halogens is 1. The van der Waals surface area contributed by atoms with E-state index in [1.807, 2.05) is 6.07 Å². The molecular formula is C15H21FO2S. The van der Waals surface area contributed by atoms with E-state index < -0.39 is 5.60 Å². The summed E-state index contributed by atoms with van der Waals surface area (Å²) in [6.45, 7) is 4.18. The van der Waals surface area contributed by atoms with Crippen LogP contribution in [0.15, 0.2) is 18.2 Å². The predicted molar refractivity (Wildman–Crippen MR) is 77.3 cm³/mol. The van der Waals surface area contributed by atoms with Gasteiger partial charge in [-0.2, -0.15) is 11.8 Å². The van der Waals surface area contributed by atoms with Crippen LogP contribution in [-0.4, -0.2) is 29.3 Å². The van der Waals surface area contributed by atoms with Crippen LogP contribution in [0.3, 0.4) is 0 Å². The van der Waals surface area contributed by atoms with Crippen molar-refractivity contribution < 1.29 is 14.2 Å². The fourth-order valence-corrected chi connectivity index (χ4v) is 4.07. The van der Waals surface area contributed by atoms with E-state index in [1.165, 1.54) is 13.2 Å². The number of rotatable bonds is 3. The Labute approximate surface area is 118 Å². The van der Waals surface area contributed by atoms with Crippen LogP contribution in [0.4, 0.5) is 4.39 Å². The second-order valence-corrected chi connectivity index (χ2v) is 6.97. The Morgan fingerprint density at radius 1 is 1.42 bits per heavy atom. The van der Waals surface area contributed by atoms with E-state index in [9.17, 15) is 9.50 Å². The molecule has 1 aromatic rings. The monoisotopic (exact) mass is 284 g/mol. The molecule has 1 saturated heterocycles. The number of hydrogen-bond acceptors (Lipinski definition) is 3. The number of hydrogen-bond donors (Lipinski definition) is 1. The highest BCUT2D eigenvalue weighted by atomic mass is 32.2. The minimum Gasteiger partial charge on any atom is -0.494 e. The predicted octanol–water partition coefficient (Wildman–Crippen LogP) is 3.27.